The fourth-order valence-corrected chi connectivity index (χ4v) is 2.91. The van der Waals surface area contributed by atoms with Crippen molar-refractivity contribution in [1.29, 1.82) is 0 Å². The SMILES string of the molecule is CCc1nnsc1C(=O)NC(C)(C)CCBr. The third-order valence-corrected chi connectivity index (χ3v) is 3.43. The summed E-state index contributed by atoms with van der Waals surface area (Å²) in [5, 5.41) is 7.79. The zero-order valence-electron chi connectivity index (χ0n) is 9.71. The summed E-state index contributed by atoms with van der Waals surface area (Å²) in [6, 6.07) is 0. The number of carbonyl (C=O) groups is 1. The maximum absolute atomic E-state index is 12.0. The first-order chi connectivity index (χ1) is 7.50. The Kier molecular flexibility index (Phi) is 4.86. The normalized spacial score (nSPS) is 11.5. The number of rotatable bonds is 5. The summed E-state index contributed by atoms with van der Waals surface area (Å²) in [5.74, 6) is -0.0715. The van der Waals surface area contributed by atoms with Gasteiger partial charge in [-0.2, -0.15) is 0 Å². The quantitative estimate of drug-likeness (QED) is 0.850. The predicted molar refractivity (Wildman–Crippen MR) is 69.2 cm³/mol. The molecule has 0 fully saturated rings. The molecule has 1 amide bonds. The highest BCUT2D eigenvalue weighted by atomic mass is 79.9. The van der Waals surface area contributed by atoms with Crippen molar-refractivity contribution in [1.82, 2.24) is 14.9 Å². The fraction of sp³-hybridized carbons (Fsp3) is 0.700. The molecule has 6 heteroatoms. The number of hydrogen-bond donors (Lipinski definition) is 1. The minimum atomic E-state index is -0.213. The van der Waals surface area contributed by atoms with E-state index in [1.54, 1.807) is 0 Å². The van der Waals surface area contributed by atoms with E-state index in [1.165, 1.54) is 0 Å². The number of aryl methyl sites for hydroxylation is 1. The molecule has 1 rings (SSSR count). The lowest BCUT2D eigenvalue weighted by Gasteiger charge is -2.25. The van der Waals surface area contributed by atoms with Crippen molar-refractivity contribution < 1.29 is 4.79 Å². The Morgan fingerprint density at radius 3 is 2.81 bits per heavy atom. The number of halogens is 1. The van der Waals surface area contributed by atoms with Gasteiger partial charge in [0.05, 0.1) is 5.69 Å². The molecule has 0 atom stereocenters. The van der Waals surface area contributed by atoms with E-state index in [9.17, 15) is 4.79 Å². The summed E-state index contributed by atoms with van der Waals surface area (Å²) < 4.78 is 3.81. The van der Waals surface area contributed by atoms with Gasteiger partial charge in [0.2, 0.25) is 0 Å². The van der Waals surface area contributed by atoms with E-state index in [-0.39, 0.29) is 11.4 Å². The summed E-state index contributed by atoms with van der Waals surface area (Å²) in [5.41, 5.74) is 0.562. The third-order valence-electron chi connectivity index (χ3n) is 2.27. The first-order valence-corrected chi connectivity index (χ1v) is 7.09. The van der Waals surface area contributed by atoms with E-state index in [1.807, 2.05) is 20.8 Å². The van der Waals surface area contributed by atoms with Crippen LogP contribution in [-0.4, -0.2) is 26.4 Å². The van der Waals surface area contributed by atoms with Gasteiger partial charge in [0, 0.05) is 10.9 Å². The van der Waals surface area contributed by atoms with Crippen molar-refractivity contribution in [2.75, 3.05) is 5.33 Å². The summed E-state index contributed by atoms with van der Waals surface area (Å²) in [6.45, 7) is 5.98. The maximum atomic E-state index is 12.0. The van der Waals surface area contributed by atoms with Crippen molar-refractivity contribution in [3.05, 3.63) is 10.6 Å². The van der Waals surface area contributed by atoms with Gasteiger partial charge in [-0.05, 0) is 38.2 Å². The van der Waals surface area contributed by atoms with Crippen LogP contribution in [0.15, 0.2) is 0 Å². The van der Waals surface area contributed by atoms with Crippen LogP contribution in [0.25, 0.3) is 0 Å². The van der Waals surface area contributed by atoms with Crippen LogP contribution in [-0.2, 0) is 6.42 Å². The van der Waals surface area contributed by atoms with E-state index in [4.69, 9.17) is 0 Å². The molecule has 1 aromatic heterocycles. The molecule has 0 spiro atoms. The Labute approximate surface area is 108 Å². The number of nitrogens with zero attached hydrogens (tertiary/aromatic N) is 2. The Morgan fingerprint density at radius 1 is 1.56 bits per heavy atom. The van der Waals surface area contributed by atoms with E-state index in [0.29, 0.717) is 4.88 Å². The second-order valence-electron chi connectivity index (χ2n) is 4.18. The maximum Gasteiger partial charge on any atom is 0.265 e. The molecule has 1 heterocycles. The Morgan fingerprint density at radius 2 is 2.25 bits per heavy atom. The molecule has 0 bridgehead atoms. The molecule has 0 radical (unpaired) electrons. The molecule has 0 aliphatic heterocycles. The minimum absolute atomic E-state index is 0.0715. The topological polar surface area (TPSA) is 54.9 Å². The zero-order valence-corrected chi connectivity index (χ0v) is 12.1. The smallest absolute Gasteiger partial charge is 0.265 e. The molecule has 0 aromatic carbocycles. The van der Waals surface area contributed by atoms with Crippen molar-refractivity contribution in [2.45, 2.75) is 39.2 Å². The molecule has 0 unspecified atom stereocenters. The number of carbonyl (C=O) groups excluding carboxylic acids is 1. The fourth-order valence-electron chi connectivity index (χ4n) is 1.28. The Balaban J connectivity index is 2.72. The number of nitrogens with one attached hydrogen (secondary N) is 1. The van der Waals surface area contributed by atoms with E-state index in [0.717, 1.165) is 35.4 Å². The van der Waals surface area contributed by atoms with Crippen LogP contribution >= 0.6 is 27.5 Å². The summed E-state index contributed by atoms with van der Waals surface area (Å²) in [6.07, 6.45) is 1.62. The molecule has 1 N–H and O–H groups in total. The first kappa shape index (κ1) is 13.6. The van der Waals surface area contributed by atoms with Crippen LogP contribution in [0.2, 0.25) is 0 Å². The molecule has 0 aliphatic carbocycles. The van der Waals surface area contributed by atoms with Crippen LogP contribution in [0.1, 0.15) is 42.6 Å². The molecule has 0 saturated heterocycles. The van der Waals surface area contributed by atoms with E-state index in [2.05, 4.69) is 30.8 Å². The zero-order chi connectivity index (χ0) is 12.2. The number of aromatic nitrogens is 2. The number of hydrogen-bond acceptors (Lipinski definition) is 4. The van der Waals surface area contributed by atoms with Gasteiger partial charge < -0.3 is 5.32 Å². The second-order valence-corrected chi connectivity index (χ2v) is 5.73. The van der Waals surface area contributed by atoms with Crippen molar-refractivity contribution in [2.24, 2.45) is 0 Å². The highest BCUT2D eigenvalue weighted by Gasteiger charge is 2.23. The molecule has 1 aromatic rings. The molecule has 16 heavy (non-hydrogen) atoms. The average Bonchev–Trinajstić information content (AvgIpc) is 2.64. The number of alkyl halides is 1. The van der Waals surface area contributed by atoms with Crippen molar-refractivity contribution in [3.8, 4) is 0 Å². The van der Waals surface area contributed by atoms with Crippen molar-refractivity contribution >= 4 is 33.4 Å². The standard InChI is InChI=1S/C10H16BrN3OS/c1-4-7-8(16-14-13-7)9(15)12-10(2,3)5-6-11/h4-6H2,1-3H3,(H,12,15). The summed E-state index contributed by atoms with van der Waals surface area (Å²) >= 11 is 4.53. The van der Waals surface area contributed by atoms with E-state index >= 15 is 0 Å². The summed E-state index contributed by atoms with van der Waals surface area (Å²) in [4.78, 5) is 12.6. The monoisotopic (exact) mass is 305 g/mol. The van der Waals surface area contributed by atoms with Crippen LogP contribution in [0.4, 0.5) is 0 Å². The van der Waals surface area contributed by atoms with Crippen LogP contribution in [0.5, 0.6) is 0 Å². The molecular weight excluding hydrogens is 290 g/mol. The molecular formula is C10H16BrN3OS. The van der Waals surface area contributed by atoms with Gasteiger partial charge in [-0.1, -0.05) is 27.3 Å². The van der Waals surface area contributed by atoms with Gasteiger partial charge in [-0.25, -0.2) is 0 Å². The lowest BCUT2D eigenvalue weighted by Crippen LogP contribution is -2.43. The lowest BCUT2D eigenvalue weighted by molar-refractivity contribution is 0.0915. The minimum Gasteiger partial charge on any atom is -0.346 e. The third kappa shape index (κ3) is 3.52. The van der Waals surface area contributed by atoms with Crippen LogP contribution < -0.4 is 5.32 Å². The predicted octanol–water partition coefficient (Wildman–Crippen LogP) is 2.39. The van der Waals surface area contributed by atoms with Gasteiger partial charge in [0.25, 0.3) is 5.91 Å². The van der Waals surface area contributed by atoms with Gasteiger partial charge in [-0.15, -0.1) is 5.10 Å². The molecule has 0 saturated carbocycles. The highest BCUT2D eigenvalue weighted by Crippen LogP contribution is 2.15. The van der Waals surface area contributed by atoms with E-state index < -0.39 is 0 Å². The molecule has 4 nitrogen and oxygen atoms in total. The van der Waals surface area contributed by atoms with Gasteiger partial charge >= 0.3 is 0 Å². The van der Waals surface area contributed by atoms with Crippen LogP contribution in [0, 0.1) is 0 Å². The summed E-state index contributed by atoms with van der Waals surface area (Å²) in [7, 11) is 0. The van der Waals surface area contributed by atoms with Gasteiger partial charge in [0.15, 0.2) is 0 Å². The average molecular weight is 306 g/mol. The number of amides is 1. The van der Waals surface area contributed by atoms with Gasteiger partial charge in [0.1, 0.15) is 4.88 Å². The largest absolute Gasteiger partial charge is 0.346 e. The van der Waals surface area contributed by atoms with Gasteiger partial charge in [-0.3, -0.25) is 4.79 Å². The lowest BCUT2D eigenvalue weighted by atomic mass is 10.0. The highest BCUT2D eigenvalue weighted by molar-refractivity contribution is 9.09. The Hall–Kier alpha value is -0.490. The van der Waals surface area contributed by atoms with Crippen LogP contribution in [0.3, 0.4) is 0 Å². The second kappa shape index (κ2) is 5.72. The Bertz CT molecular complexity index is 365. The first-order valence-electron chi connectivity index (χ1n) is 5.20. The van der Waals surface area contributed by atoms with Crippen molar-refractivity contribution in [3.63, 3.8) is 0 Å². The molecule has 90 valence electrons. The molecule has 0 aliphatic rings.